The van der Waals surface area contributed by atoms with Crippen molar-refractivity contribution in [3.63, 3.8) is 0 Å². The van der Waals surface area contributed by atoms with Gasteiger partial charge in [0.15, 0.2) is 5.78 Å². The van der Waals surface area contributed by atoms with E-state index in [1.165, 1.54) is 6.92 Å². The van der Waals surface area contributed by atoms with Gasteiger partial charge < -0.3 is 10.6 Å². The van der Waals surface area contributed by atoms with Crippen molar-refractivity contribution in [1.82, 2.24) is 0 Å². The standard InChI is InChI=1S/C19H22N2O2/c1-4-15-8-5-7-13(2)19(15)21-18(23)12-20-17-10-6-9-16(11-17)14(3)22/h5-11,20H,4,12H2,1-3H3,(H,21,23). The van der Waals surface area contributed by atoms with Gasteiger partial charge in [-0.05, 0) is 43.5 Å². The predicted octanol–water partition coefficient (Wildman–Crippen LogP) is 3.81. The number of hydrogen-bond acceptors (Lipinski definition) is 3. The van der Waals surface area contributed by atoms with Crippen molar-refractivity contribution in [2.75, 3.05) is 17.2 Å². The number of amides is 1. The molecule has 0 bridgehead atoms. The predicted molar refractivity (Wildman–Crippen MR) is 94.1 cm³/mol. The minimum absolute atomic E-state index is 0.00518. The van der Waals surface area contributed by atoms with Gasteiger partial charge in [-0.1, -0.05) is 37.3 Å². The summed E-state index contributed by atoms with van der Waals surface area (Å²) in [6.07, 6.45) is 0.866. The van der Waals surface area contributed by atoms with E-state index < -0.39 is 0 Å². The minimum atomic E-state index is -0.109. The van der Waals surface area contributed by atoms with Crippen LogP contribution >= 0.6 is 0 Å². The Morgan fingerprint density at radius 3 is 2.52 bits per heavy atom. The number of carbonyl (C=O) groups excluding carboxylic acids is 2. The van der Waals surface area contributed by atoms with Crippen molar-refractivity contribution in [2.24, 2.45) is 0 Å². The maximum absolute atomic E-state index is 12.2. The lowest BCUT2D eigenvalue weighted by Crippen LogP contribution is -2.23. The van der Waals surface area contributed by atoms with Crippen LogP contribution in [0, 0.1) is 6.92 Å². The van der Waals surface area contributed by atoms with Gasteiger partial charge in [0, 0.05) is 16.9 Å². The molecule has 0 unspecified atom stereocenters. The van der Waals surface area contributed by atoms with E-state index >= 15 is 0 Å². The third-order valence-corrected chi connectivity index (χ3v) is 3.73. The van der Waals surface area contributed by atoms with E-state index in [9.17, 15) is 9.59 Å². The highest BCUT2D eigenvalue weighted by molar-refractivity contribution is 5.96. The smallest absolute Gasteiger partial charge is 0.243 e. The quantitative estimate of drug-likeness (QED) is 0.798. The van der Waals surface area contributed by atoms with Crippen LogP contribution in [0.15, 0.2) is 42.5 Å². The second-order valence-electron chi connectivity index (χ2n) is 5.50. The third-order valence-electron chi connectivity index (χ3n) is 3.73. The Balaban J connectivity index is 2.01. The first-order valence-corrected chi connectivity index (χ1v) is 7.74. The highest BCUT2D eigenvalue weighted by Gasteiger charge is 2.09. The van der Waals surface area contributed by atoms with Crippen LogP contribution in [0.25, 0.3) is 0 Å². The lowest BCUT2D eigenvalue weighted by atomic mass is 10.1. The summed E-state index contributed by atoms with van der Waals surface area (Å²) in [4.78, 5) is 23.6. The monoisotopic (exact) mass is 310 g/mol. The molecular weight excluding hydrogens is 288 g/mol. The zero-order valence-electron chi connectivity index (χ0n) is 13.8. The minimum Gasteiger partial charge on any atom is -0.376 e. The maximum atomic E-state index is 12.2. The van der Waals surface area contributed by atoms with E-state index in [0.717, 1.165) is 28.9 Å². The molecule has 2 N–H and O–H groups in total. The van der Waals surface area contributed by atoms with Crippen molar-refractivity contribution in [1.29, 1.82) is 0 Å². The zero-order valence-corrected chi connectivity index (χ0v) is 13.8. The third kappa shape index (κ3) is 4.42. The summed E-state index contributed by atoms with van der Waals surface area (Å²) in [6, 6.07) is 13.1. The number of anilines is 2. The number of Topliss-reactive ketones (excluding diaryl/α,β-unsaturated/α-hetero) is 1. The molecule has 2 rings (SSSR count). The number of ketones is 1. The molecule has 1 amide bonds. The van der Waals surface area contributed by atoms with E-state index in [-0.39, 0.29) is 18.2 Å². The van der Waals surface area contributed by atoms with Gasteiger partial charge in [0.25, 0.3) is 0 Å². The molecule has 23 heavy (non-hydrogen) atoms. The second-order valence-corrected chi connectivity index (χ2v) is 5.50. The fourth-order valence-corrected chi connectivity index (χ4v) is 2.42. The summed E-state index contributed by atoms with van der Waals surface area (Å²) in [6.45, 7) is 5.73. The van der Waals surface area contributed by atoms with Crippen LogP contribution in [-0.4, -0.2) is 18.2 Å². The Kier molecular flexibility index (Phi) is 5.52. The molecule has 0 spiro atoms. The first-order chi connectivity index (χ1) is 11.0. The summed E-state index contributed by atoms with van der Waals surface area (Å²) in [5, 5.41) is 6.02. The average molecular weight is 310 g/mol. The molecule has 0 atom stereocenters. The Morgan fingerprint density at radius 2 is 1.83 bits per heavy atom. The first kappa shape index (κ1) is 16.7. The normalized spacial score (nSPS) is 10.2. The molecule has 2 aromatic carbocycles. The van der Waals surface area contributed by atoms with Gasteiger partial charge in [0.05, 0.1) is 6.54 Å². The van der Waals surface area contributed by atoms with E-state index in [4.69, 9.17) is 0 Å². The fraction of sp³-hybridized carbons (Fsp3) is 0.263. The second kappa shape index (κ2) is 7.58. The summed E-state index contributed by atoms with van der Waals surface area (Å²) in [5.74, 6) is -0.104. The Bertz CT molecular complexity index is 723. The van der Waals surface area contributed by atoms with Gasteiger partial charge >= 0.3 is 0 Å². The van der Waals surface area contributed by atoms with Crippen LogP contribution in [0.5, 0.6) is 0 Å². The van der Waals surface area contributed by atoms with Crippen LogP contribution < -0.4 is 10.6 Å². The molecule has 4 heteroatoms. The molecule has 0 aliphatic heterocycles. The lowest BCUT2D eigenvalue weighted by molar-refractivity contribution is -0.114. The SMILES string of the molecule is CCc1cccc(C)c1NC(=O)CNc1cccc(C(C)=O)c1. The number of para-hydroxylation sites is 1. The highest BCUT2D eigenvalue weighted by atomic mass is 16.2. The van der Waals surface area contributed by atoms with E-state index in [1.54, 1.807) is 18.2 Å². The van der Waals surface area contributed by atoms with Gasteiger partial charge in [-0.3, -0.25) is 9.59 Å². The molecule has 0 radical (unpaired) electrons. The molecule has 0 saturated carbocycles. The average Bonchev–Trinajstić information content (AvgIpc) is 2.55. The van der Waals surface area contributed by atoms with Crippen LogP contribution in [0.1, 0.15) is 35.3 Å². The van der Waals surface area contributed by atoms with Gasteiger partial charge in [0.2, 0.25) is 5.91 Å². The van der Waals surface area contributed by atoms with Crippen LogP contribution in [0.4, 0.5) is 11.4 Å². The van der Waals surface area contributed by atoms with Crippen molar-refractivity contribution in [3.8, 4) is 0 Å². The fourth-order valence-electron chi connectivity index (χ4n) is 2.42. The molecule has 0 aromatic heterocycles. The first-order valence-electron chi connectivity index (χ1n) is 7.74. The van der Waals surface area contributed by atoms with Crippen LogP contribution in [0.2, 0.25) is 0 Å². The Hall–Kier alpha value is -2.62. The number of carbonyl (C=O) groups is 2. The lowest BCUT2D eigenvalue weighted by Gasteiger charge is -2.13. The topological polar surface area (TPSA) is 58.2 Å². The highest BCUT2D eigenvalue weighted by Crippen LogP contribution is 2.21. The van der Waals surface area contributed by atoms with Crippen molar-refractivity contribution in [3.05, 3.63) is 59.2 Å². The Labute approximate surface area is 136 Å². The maximum Gasteiger partial charge on any atom is 0.243 e. The Morgan fingerprint density at radius 1 is 1.09 bits per heavy atom. The summed E-state index contributed by atoms with van der Waals surface area (Å²) in [7, 11) is 0. The molecule has 0 heterocycles. The van der Waals surface area contributed by atoms with Gasteiger partial charge in [-0.25, -0.2) is 0 Å². The van der Waals surface area contributed by atoms with Gasteiger partial charge in [-0.15, -0.1) is 0 Å². The van der Waals surface area contributed by atoms with E-state index in [0.29, 0.717) is 5.56 Å². The number of hydrogen-bond donors (Lipinski definition) is 2. The van der Waals surface area contributed by atoms with E-state index in [1.807, 2.05) is 31.2 Å². The molecule has 2 aromatic rings. The number of benzene rings is 2. The number of rotatable bonds is 6. The molecule has 0 saturated heterocycles. The molecule has 0 fully saturated rings. The zero-order chi connectivity index (χ0) is 16.8. The van der Waals surface area contributed by atoms with Crippen LogP contribution in [-0.2, 0) is 11.2 Å². The van der Waals surface area contributed by atoms with Crippen molar-refractivity contribution < 1.29 is 9.59 Å². The summed E-state index contributed by atoms with van der Waals surface area (Å²) >= 11 is 0. The summed E-state index contributed by atoms with van der Waals surface area (Å²) in [5.41, 5.74) is 4.45. The molecular formula is C19H22N2O2. The molecule has 4 nitrogen and oxygen atoms in total. The van der Waals surface area contributed by atoms with Crippen LogP contribution in [0.3, 0.4) is 0 Å². The van der Waals surface area contributed by atoms with Gasteiger partial charge in [0.1, 0.15) is 0 Å². The van der Waals surface area contributed by atoms with Gasteiger partial charge in [-0.2, -0.15) is 0 Å². The van der Waals surface area contributed by atoms with Crippen molar-refractivity contribution >= 4 is 23.1 Å². The summed E-state index contributed by atoms with van der Waals surface area (Å²) < 4.78 is 0. The van der Waals surface area contributed by atoms with E-state index in [2.05, 4.69) is 17.6 Å². The van der Waals surface area contributed by atoms with Crippen molar-refractivity contribution in [2.45, 2.75) is 27.2 Å². The number of aryl methyl sites for hydroxylation is 2. The molecule has 0 aliphatic rings. The molecule has 0 aliphatic carbocycles. The molecule has 120 valence electrons. The number of nitrogens with one attached hydrogen (secondary N) is 2. The largest absolute Gasteiger partial charge is 0.376 e.